The largest absolute Gasteiger partial charge is 0.392 e. The monoisotopic (exact) mass is 475 g/mol. The molecule has 3 aromatic carbocycles. The van der Waals surface area contributed by atoms with E-state index >= 15 is 4.39 Å². The van der Waals surface area contributed by atoms with Crippen LogP contribution in [-0.4, -0.2) is 58.8 Å². The zero-order chi connectivity index (χ0) is 24.4. The fraction of sp³-hybridized carbons (Fsp3) is 0.259. The quantitative estimate of drug-likeness (QED) is 0.417. The number of piperazine rings is 1. The Bertz CT molecular complexity index is 1320. The first-order valence-corrected chi connectivity index (χ1v) is 11.7. The van der Waals surface area contributed by atoms with E-state index in [1.807, 2.05) is 36.4 Å². The number of hydrogen-bond donors (Lipinski definition) is 2. The number of aliphatic hydroxyl groups is 1. The fourth-order valence-corrected chi connectivity index (χ4v) is 4.50. The van der Waals surface area contributed by atoms with E-state index in [9.17, 15) is 9.50 Å². The minimum atomic E-state index is -0.417. The molecular weight excluding hydrogens is 448 g/mol. The molecule has 6 nitrogen and oxygen atoms in total. The van der Waals surface area contributed by atoms with Gasteiger partial charge in [0.1, 0.15) is 11.6 Å². The van der Waals surface area contributed by atoms with Crippen LogP contribution < -0.4 is 10.2 Å². The lowest BCUT2D eigenvalue weighted by atomic mass is 10.0. The number of aromatic nitrogens is 2. The minimum Gasteiger partial charge on any atom is -0.392 e. The molecule has 2 heterocycles. The van der Waals surface area contributed by atoms with Crippen molar-refractivity contribution in [1.29, 1.82) is 0 Å². The second-order valence-corrected chi connectivity index (χ2v) is 8.85. The van der Waals surface area contributed by atoms with Gasteiger partial charge in [0, 0.05) is 55.6 Å². The first kappa shape index (κ1) is 23.1. The molecule has 0 spiro atoms. The number of halogens is 2. The van der Waals surface area contributed by atoms with Crippen molar-refractivity contribution in [1.82, 2.24) is 14.9 Å². The SMILES string of the molecule is CC(O)CN1CCN(c2ccc(Nc3ncc4ccc(F)c(-c5ccccc5)c4n3)c(F)c2)CC1. The van der Waals surface area contributed by atoms with Crippen LogP contribution in [0.5, 0.6) is 0 Å². The minimum absolute atomic E-state index is 0.193. The Balaban J connectivity index is 1.37. The highest BCUT2D eigenvalue weighted by atomic mass is 19.1. The smallest absolute Gasteiger partial charge is 0.227 e. The Morgan fingerprint density at radius 3 is 2.46 bits per heavy atom. The van der Waals surface area contributed by atoms with Gasteiger partial charge in [0.25, 0.3) is 0 Å². The highest BCUT2D eigenvalue weighted by Crippen LogP contribution is 2.31. The summed E-state index contributed by atoms with van der Waals surface area (Å²) in [6.45, 7) is 5.59. The molecule has 0 bridgehead atoms. The number of fused-ring (bicyclic) bond motifs is 1. The summed E-state index contributed by atoms with van der Waals surface area (Å²) < 4.78 is 29.8. The average Bonchev–Trinajstić information content (AvgIpc) is 2.86. The van der Waals surface area contributed by atoms with Crippen molar-refractivity contribution in [3.63, 3.8) is 0 Å². The summed E-state index contributed by atoms with van der Waals surface area (Å²) in [5.41, 5.74) is 2.61. The Morgan fingerprint density at radius 1 is 0.971 bits per heavy atom. The Morgan fingerprint density at radius 2 is 1.74 bits per heavy atom. The second-order valence-electron chi connectivity index (χ2n) is 8.85. The van der Waals surface area contributed by atoms with Gasteiger partial charge in [0.15, 0.2) is 0 Å². The van der Waals surface area contributed by atoms with Gasteiger partial charge in [0.05, 0.1) is 17.3 Å². The molecular formula is C27H27F2N5O. The van der Waals surface area contributed by atoms with Crippen LogP contribution in [0.4, 0.5) is 26.1 Å². The van der Waals surface area contributed by atoms with Gasteiger partial charge in [0.2, 0.25) is 5.95 Å². The fourth-order valence-electron chi connectivity index (χ4n) is 4.50. The number of aliphatic hydroxyl groups excluding tert-OH is 1. The molecule has 0 radical (unpaired) electrons. The molecule has 4 aromatic rings. The molecule has 1 fully saturated rings. The molecule has 35 heavy (non-hydrogen) atoms. The normalized spacial score (nSPS) is 15.4. The van der Waals surface area contributed by atoms with Crippen molar-refractivity contribution in [2.24, 2.45) is 0 Å². The average molecular weight is 476 g/mol. The summed E-state index contributed by atoms with van der Waals surface area (Å²) in [5, 5.41) is 13.2. The maximum absolute atomic E-state index is 15.0. The van der Waals surface area contributed by atoms with Crippen molar-refractivity contribution in [2.75, 3.05) is 42.9 Å². The molecule has 1 aliphatic heterocycles. The van der Waals surface area contributed by atoms with Gasteiger partial charge >= 0.3 is 0 Å². The summed E-state index contributed by atoms with van der Waals surface area (Å²) in [5.74, 6) is -0.601. The lowest BCUT2D eigenvalue weighted by Crippen LogP contribution is -2.48. The van der Waals surface area contributed by atoms with E-state index in [4.69, 9.17) is 0 Å². The van der Waals surface area contributed by atoms with Gasteiger partial charge in [-0.2, -0.15) is 0 Å². The summed E-state index contributed by atoms with van der Waals surface area (Å²) in [7, 11) is 0. The first-order chi connectivity index (χ1) is 17.0. The van der Waals surface area contributed by atoms with E-state index in [-0.39, 0.29) is 23.6 Å². The Kier molecular flexibility index (Phi) is 6.57. The molecule has 0 saturated carbocycles. The maximum Gasteiger partial charge on any atom is 0.227 e. The van der Waals surface area contributed by atoms with Crippen molar-refractivity contribution in [3.05, 3.63) is 78.5 Å². The number of benzene rings is 3. The molecule has 1 atom stereocenters. The zero-order valence-electron chi connectivity index (χ0n) is 19.5. The summed E-state index contributed by atoms with van der Waals surface area (Å²) in [6, 6.07) is 17.3. The molecule has 8 heteroatoms. The van der Waals surface area contributed by atoms with Crippen LogP contribution in [0.2, 0.25) is 0 Å². The summed E-state index contributed by atoms with van der Waals surface area (Å²) >= 11 is 0. The lowest BCUT2D eigenvalue weighted by Gasteiger charge is -2.36. The molecule has 0 aliphatic carbocycles. The van der Waals surface area contributed by atoms with E-state index in [1.165, 1.54) is 12.1 Å². The van der Waals surface area contributed by atoms with Crippen LogP contribution in [0.25, 0.3) is 22.0 Å². The van der Waals surface area contributed by atoms with Gasteiger partial charge in [-0.1, -0.05) is 30.3 Å². The van der Waals surface area contributed by atoms with Gasteiger partial charge in [-0.05, 0) is 42.8 Å². The molecule has 1 aromatic heterocycles. The van der Waals surface area contributed by atoms with Gasteiger partial charge in [-0.25, -0.2) is 18.7 Å². The van der Waals surface area contributed by atoms with Gasteiger partial charge < -0.3 is 15.3 Å². The van der Waals surface area contributed by atoms with E-state index in [0.29, 0.717) is 28.6 Å². The van der Waals surface area contributed by atoms with Crippen LogP contribution in [0.1, 0.15) is 6.92 Å². The molecule has 1 saturated heterocycles. The molecule has 180 valence electrons. The molecule has 0 amide bonds. The number of nitrogens with zero attached hydrogens (tertiary/aromatic N) is 4. The van der Waals surface area contributed by atoms with E-state index in [1.54, 1.807) is 25.3 Å². The highest BCUT2D eigenvalue weighted by Gasteiger charge is 2.19. The van der Waals surface area contributed by atoms with Crippen LogP contribution in [0.15, 0.2) is 66.9 Å². The number of nitrogens with one attached hydrogen (secondary N) is 1. The standard InChI is InChI=1S/C27H27F2N5O/c1-18(35)17-33-11-13-34(14-12-33)21-8-10-24(23(29)15-21)31-27-30-16-20-7-9-22(28)25(26(20)32-27)19-5-3-2-4-6-19/h2-10,15-16,18,35H,11-14,17H2,1H3,(H,30,31,32). The summed E-state index contributed by atoms with van der Waals surface area (Å²) in [4.78, 5) is 13.2. The van der Waals surface area contributed by atoms with Crippen molar-refractivity contribution < 1.29 is 13.9 Å². The number of β-amino-alcohol motifs (C(OH)–C–C–N with tert-alkyl or cyclic N) is 1. The Hall–Kier alpha value is -3.62. The number of anilines is 3. The van der Waals surface area contributed by atoms with Crippen LogP contribution >= 0.6 is 0 Å². The molecule has 1 unspecified atom stereocenters. The topological polar surface area (TPSA) is 64.5 Å². The predicted molar refractivity (Wildman–Crippen MR) is 135 cm³/mol. The van der Waals surface area contributed by atoms with E-state index in [2.05, 4.69) is 25.1 Å². The van der Waals surface area contributed by atoms with Crippen molar-refractivity contribution in [3.8, 4) is 11.1 Å². The van der Waals surface area contributed by atoms with Crippen LogP contribution in [0.3, 0.4) is 0 Å². The van der Waals surface area contributed by atoms with Crippen LogP contribution in [-0.2, 0) is 0 Å². The van der Waals surface area contributed by atoms with Crippen LogP contribution in [0, 0.1) is 11.6 Å². The number of rotatable bonds is 6. The highest BCUT2D eigenvalue weighted by molar-refractivity contribution is 5.94. The Labute approximate surface area is 202 Å². The second kappa shape index (κ2) is 9.93. The molecule has 2 N–H and O–H groups in total. The van der Waals surface area contributed by atoms with Gasteiger partial charge in [-0.3, -0.25) is 4.90 Å². The van der Waals surface area contributed by atoms with Gasteiger partial charge in [-0.15, -0.1) is 0 Å². The van der Waals surface area contributed by atoms with E-state index < -0.39 is 5.82 Å². The summed E-state index contributed by atoms with van der Waals surface area (Å²) in [6.07, 6.45) is 1.25. The lowest BCUT2D eigenvalue weighted by molar-refractivity contribution is 0.122. The third-order valence-corrected chi connectivity index (χ3v) is 6.22. The predicted octanol–water partition coefficient (Wildman–Crippen LogP) is 4.82. The van der Waals surface area contributed by atoms with Crippen molar-refractivity contribution in [2.45, 2.75) is 13.0 Å². The third-order valence-electron chi connectivity index (χ3n) is 6.22. The third kappa shape index (κ3) is 5.08. The van der Waals surface area contributed by atoms with Crippen molar-refractivity contribution >= 4 is 28.2 Å². The number of hydrogen-bond acceptors (Lipinski definition) is 6. The molecule has 1 aliphatic rings. The maximum atomic E-state index is 15.0. The van der Waals surface area contributed by atoms with E-state index in [0.717, 1.165) is 31.9 Å². The zero-order valence-corrected chi connectivity index (χ0v) is 19.5. The molecule has 5 rings (SSSR count). The first-order valence-electron chi connectivity index (χ1n) is 11.7.